The molecule has 2 heterocycles. The maximum atomic E-state index is 12.6. The number of aromatic nitrogens is 2. The Morgan fingerprint density at radius 2 is 2.19 bits per heavy atom. The van der Waals surface area contributed by atoms with Gasteiger partial charge >= 0.3 is 0 Å². The van der Waals surface area contributed by atoms with Crippen LogP contribution in [0, 0.1) is 5.92 Å². The number of rotatable bonds is 4. The maximum Gasteiger partial charge on any atom is 0.243 e. The van der Waals surface area contributed by atoms with Crippen molar-refractivity contribution in [3.05, 3.63) is 24.5 Å². The third kappa shape index (κ3) is 2.81. The molecule has 1 aliphatic carbocycles. The zero-order valence-corrected chi connectivity index (χ0v) is 12.6. The van der Waals surface area contributed by atoms with Crippen LogP contribution in [0.1, 0.15) is 25.7 Å². The summed E-state index contributed by atoms with van der Waals surface area (Å²) in [6, 6.07) is 3.42. The molecule has 3 rings (SSSR count). The van der Waals surface area contributed by atoms with Gasteiger partial charge in [-0.15, -0.1) is 0 Å². The molecule has 6 nitrogen and oxygen atoms in total. The molecule has 0 aromatic carbocycles. The van der Waals surface area contributed by atoms with Gasteiger partial charge in [-0.3, -0.25) is 0 Å². The van der Waals surface area contributed by atoms with Gasteiger partial charge in [-0.2, -0.15) is 0 Å². The highest BCUT2D eigenvalue weighted by molar-refractivity contribution is 7.89. The van der Waals surface area contributed by atoms with Gasteiger partial charge < -0.3 is 10.7 Å². The predicted octanol–water partition coefficient (Wildman–Crippen LogP) is 1.36. The van der Waals surface area contributed by atoms with Gasteiger partial charge in [-0.05, 0) is 37.4 Å². The predicted molar refractivity (Wildman–Crippen MR) is 81.2 cm³/mol. The van der Waals surface area contributed by atoms with E-state index in [1.54, 1.807) is 18.3 Å². The van der Waals surface area contributed by atoms with Crippen LogP contribution in [0.4, 0.5) is 0 Å². The van der Waals surface area contributed by atoms with Crippen LogP contribution in [-0.4, -0.2) is 31.0 Å². The molecule has 2 atom stereocenters. The smallest absolute Gasteiger partial charge is 0.243 e. The molecule has 0 bridgehead atoms. The third-order valence-electron chi connectivity index (χ3n) is 4.22. The molecule has 114 valence electrons. The van der Waals surface area contributed by atoms with E-state index in [0.717, 1.165) is 25.7 Å². The fourth-order valence-corrected chi connectivity index (χ4v) is 4.56. The Morgan fingerprint density at radius 3 is 3.00 bits per heavy atom. The molecular formula is C14H20N4O2S. The highest BCUT2D eigenvalue weighted by atomic mass is 32.2. The number of sulfonamides is 1. The van der Waals surface area contributed by atoms with E-state index < -0.39 is 10.0 Å². The summed E-state index contributed by atoms with van der Waals surface area (Å²) in [4.78, 5) is 7.28. The minimum atomic E-state index is -3.56. The van der Waals surface area contributed by atoms with Crippen molar-refractivity contribution < 1.29 is 8.42 Å². The zero-order chi connectivity index (χ0) is 14.9. The number of nitrogens with two attached hydrogens (primary N) is 1. The minimum Gasteiger partial charge on any atom is -0.345 e. The molecule has 21 heavy (non-hydrogen) atoms. The van der Waals surface area contributed by atoms with Gasteiger partial charge in [0, 0.05) is 23.8 Å². The van der Waals surface area contributed by atoms with Crippen molar-refractivity contribution in [1.82, 2.24) is 14.7 Å². The molecule has 4 N–H and O–H groups in total. The average Bonchev–Trinajstić information content (AvgIpc) is 2.92. The summed E-state index contributed by atoms with van der Waals surface area (Å²) in [7, 11) is -3.56. The quantitative estimate of drug-likeness (QED) is 0.793. The van der Waals surface area contributed by atoms with Gasteiger partial charge in [-0.25, -0.2) is 18.1 Å². The number of hydrogen-bond donors (Lipinski definition) is 3. The first-order valence-corrected chi connectivity index (χ1v) is 8.74. The summed E-state index contributed by atoms with van der Waals surface area (Å²) >= 11 is 0. The van der Waals surface area contributed by atoms with Crippen LogP contribution < -0.4 is 10.5 Å². The normalized spacial score (nSPS) is 23.5. The Bertz CT molecular complexity index is 725. The van der Waals surface area contributed by atoms with Crippen LogP contribution in [0.5, 0.6) is 0 Å². The van der Waals surface area contributed by atoms with Crippen LogP contribution in [-0.2, 0) is 10.0 Å². The number of aromatic amines is 1. The first kappa shape index (κ1) is 14.5. The Labute approximate surface area is 124 Å². The minimum absolute atomic E-state index is 0.0737. The van der Waals surface area contributed by atoms with Crippen LogP contribution in [0.15, 0.2) is 29.4 Å². The van der Waals surface area contributed by atoms with Gasteiger partial charge in [0.15, 0.2) is 0 Å². The van der Waals surface area contributed by atoms with Gasteiger partial charge in [0.05, 0.1) is 0 Å². The largest absolute Gasteiger partial charge is 0.345 e. The number of nitrogens with zero attached hydrogens (tertiary/aromatic N) is 1. The molecule has 1 aliphatic rings. The molecule has 2 unspecified atom stereocenters. The first-order chi connectivity index (χ1) is 10.1. The summed E-state index contributed by atoms with van der Waals surface area (Å²) in [5.41, 5.74) is 6.35. The van der Waals surface area contributed by atoms with E-state index in [1.165, 1.54) is 6.20 Å². The second kappa shape index (κ2) is 5.75. The molecule has 2 aromatic heterocycles. The second-order valence-electron chi connectivity index (χ2n) is 5.56. The van der Waals surface area contributed by atoms with Gasteiger partial charge in [0.2, 0.25) is 10.0 Å². The van der Waals surface area contributed by atoms with Crippen molar-refractivity contribution in [3.63, 3.8) is 0 Å². The number of nitrogens with one attached hydrogen (secondary N) is 2. The fourth-order valence-electron chi connectivity index (χ4n) is 3.06. The topological polar surface area (TPSA) is 101 Å². The Hall–Kier alpha value is -1.44. The molecule has 1 saturated carbocycles. The second-order valence-corrected chi connectivity index (χ2v) is 7.24. The summed E-state index contributed by atoms with van der Waals surface area (Å²) in [6.45, 7) is 0.516. The number of pyridine rings is 1. The van der Waals surface area contributed by atoms with E-state index in [9.17, 15) is 8.42 Å². The average molecular weight is 308 g/mol. The van der Waals surface area contributed by atoms with Crippen molar-refractivity contribution in [3.8, 4) is 0 Å². The lowest BCUT2D eigenvalue weighted by atomic mass is 9.85. The molecule has 1 fully saturated rings. The van der Waals surface area contributed by atoms with Crippen LogP contribution in [0.3, 0.4) is 0 Å². The van der Waals surface area contributed by atoms with Gasteiger partial charge in [-0.1, -0.05) is 12.8 Å². The van der Waals surface area contributed by atoms with Crippen molar-refractivity contribution in [2.75, 3.05) is 6.54 Å². The molecule has 0 amide bonds. The summed E-state index contributed by atoms with van der Waals surface area (Å²) in [5.74, 6) is 0.219. The standard InChI is InChI=1S/C14H20N4O2S/c15-8-10-4-1-2-6-12(10)18-21(19,20)13-9-17-14-11(13)5-3-7-16-14/h3,5,7,9-10,12,18H,1-2,4,6,8,15H2,(H,16,17). The fraction of sp³-hybridized carbons (Fsp3) is 0.500. The lowest BCUT2D eigenvalue weighted by Gasteiger charge is -2.30. The maximum absolute atomic E-state index is 12.6. The molecule has 2 aromatic rings. The van der Waals surface area contributed by atoms with Crippen LogP contribution >= 0.6 is 0 Å². The number of fused-ring (bicyclic) bond motifs is 1. The number of H-pyrrole nitrogens is 1. The monoisotopic (exact) mass is 308 g/mol. The zero-order valence-electron chi connectivity index (χ0n) is 11.7. The Morgan fingerprint density at radius 1 is 1.38 bits per heavy atom. The lowest BCUT2D eigenvalue weighted by molar-refractivity contribution is 0.296. The highest BCUT2D eigenvalue weighted by Gasteiger charge is 2.29. The Kier molecular flexibility index (Phi) is 3.97. The van der Waals surface area contributed by atoms with E-state index in [4.69, 9.17) is 5.73 Å². The molecule has 0 aliphatic heterocycles. The lowest BCUT2D eigenvalue weighted by Crippen LogP contribution is -2.44. The van der Waals surface area contributed by atoms with Gasteiger partial charge in [0.25, 0.3) is 0 Å². The van der Waals surface area contributed by atoms with Crippen molar-refractivity contribution in [2.45, 2.75) is 36.6 Å². The van der Waals surface area contributed by atoms with Crippen LogP contribution in [0.2, 0.25) is 0 Å². The summed E-state index contributed by atoms with van der Waals surface area (Å²) in [5, 5.41) is 0.616. The SMILES string of the molecule is NCC1CCCCC1NS(=O)(=O)c1c[nH]c2ncccc12. The van der Waals surface area contributed by atoms with Crippen molar-refractivity contribution in [2.24, 2.45) is 11.7 Å². The van der Waals surface area contributed by atoms with Crippen molar-refractivity contribution in [1.29, 1.82) is 0 Å². The van der Waals surface area contributed by atoms with Crippen molar-refractivity contribution >= 4 is 21.1 Å². The highest BCUT2D eigenvalue weighted by Crippen LogP contribution is 2.27. The molecular weight excluding hydrogens is 288 g/mol. The first-order valence-electron chi connectivity index (χ1n) is 7.26. The van der Waals surface area contributed by atoms with Crippen LogP contribution in [0.25, 0.3) is 11.0 Å². The summed E-state index contributed by atoms with van der Waals surface area (Å²) in [6.07, 6.45) is 7.13. The molecule has 7 heteroatoms. The van der Waals surface area contributed by atoms with E-state index >= 15 is 0 Å². The molecule has 0 radical (unpaired) electrons. The Balaban J connectivity index is 1.90. The molecule has 0 saturated heterocycles. The van der Waals surface area contributed by atoms with E-state index in [-0.39, 0.29) is 16.9 Å². The van der Waals surface area contributed by atoms with E-state index in [2.05, 4.69) is 14.7 Å². The molecule has 0 spiro atoms. The number of hydrogen-bond acceptors (Lipinski definition) is 4. The van der Waals surface area contributed by atoms with E-state index in [1.807, 2.05) is 0 Å². The third-order valence-corrected chi connectivity index (χ3v) is 5.75. The van der Waals surface area contributed by atoms with Gasteiger partial charge in [0.1, 0.15) is 10.5 Å². The summed E-state index contributed by atoms with van der Waals surface area (Å²) < 4.78 is 28.1. The van der Waals surface area contributed by atoms with E-state index in [0.29, 0.717) is 17.6 Å².